The number of unbranched alkanes of at least 4 members (excludes halogenated alkanes) is 3. The Morgan fingerprint density at radius 3 is 2.80 bits per heavy atom. The Kier molecular flexibility index (Phi) is 5.62. The molecule has 0 saturated carbocycles. The molecule has 0 bridgehead atoms. The molecule has 0 fully saturated rings. The summed E-state index contributed by atoms with van der Waals surface area (Å²) in [6.45, 7) is 1.77. The average Bonchev–Trinajstić information content (AvgIpc) is 2.50. The maximum absolute atomic E-state index is 5.49. The fraction of sp³-hybridized carbons (Fsp3) is 0.438. The minimum atomic E-state index is 0.794. The van der Waals surface area contributed by atoms with Gasteiger partial charge < -0.3 is 15.8 Å². The van der Waals surface area contributed by atoms with Gasteiger partial charge in [0, 0.05) is 23.8 Å². The molecular weight excluding hydrogens is 250 g/mol. The number of hydrogen-bond acceptors (Lipinski definition) is 4. The Balaban J connectivity index is 2.00. The number of para-hydroxylation sites is 1. The number of aromatic nitrogens is 1. The Morgan fingerprint density at radius 1 is 1.15 bits per heavy atom. The van der Waals surface area contributed by atoms with Crippen molar-refractivity contribution in [3.63, 3.8) is 0 Å². The lowest BCUT2D eigenvalue weighted by molar-refractivity contribution is 0.419. The van der Waals surface area contributed by atoms with Gasteiger partial charge in [0.05, 0.1) is 7.11 Å². The highest BCUT2D eigenvalue weighted by molar-refractivity contribution is 5.94. The van der Waals surface area contributed by atoms with E-state index in [0.29, 0.717) is 0 Å². The van der Waals surface area contributed by atoms with Gasteiger partial charge in [-0.3, -0.25) is 4.98 Å². The Labute approximate surface area is 120 Å². The number of benzene rings is 1. The molecule has 1 aromatic carbocycles. The van der Waals surface area contributed by atoms with E-state index in [4.69, 9.17) is 10.5 Å². The first kappa shape index (κ1) is 14.6. The molecule has 0 aliphatic rings. The van der Waals surface area contributed by atoms with Crippen molar-refractivity contribution in [2.75, 3.05) is 25.5 Å². The standard InChI is InChI=1S/C16H23N3O/c1-20-15-8-6-7-13-14(9-12-19-16(13)15)18-11-5-3-2-4-10-17/h6-9,12H,2-5,10-11,17H2,1H3,(H,18,19). The van der Waals surface area contributed by atoms with Crippen LogP contribution in [0, 0.1) is 0 Å². The Morgan fingerprint density at radius 2 is 2.00 bits per heavy atom. The molecule has 0 spiro atoms. The summed E-state index contributed by atoms with van der Waals surface area (Å²) in [6, 6.07) is 8.02. The molecule has 0 aliphatic carbocycles. The van der Waals surface area contributed by atoms with Crippen LogP contribution >= 0.6 is 0 Å². The summed E-state index contributed by atoms with van der Waals surface area (Å²) in [6.07, 6.45) is 6.53. The van der Waals surface area contributed by atoms with Gasteiger partial charge >= 0.3 is 0 Å². The van der Waals surface area contributed by atoms with Crippen LogP contribution in [-0.2, 0) is 0 Å². The van der Waals surface area contributed by atoms with Gasteiger partial charge in [-0.1, -0.05) is 25.0 Å². The van der Waals surface area contributed by atoms with Crippen molar-refractivity contribution in [2.45, 2.75) is 25.7 Å². The molecule has 1 heterocycles. The van der Waals surface area contributed by atoms with Gasteiger partial charge in [-0.05, 0) is 31.5 Å². The van der Waals surface area contributed by atoms with E-state index < -0.39 is 0 Å². The van der Waals surface area contributed by atoms with Gasteiger partial charge in [-0.2, -0.15) is 0 Å². The smallest absolute Gasteiger partial charge is 0.145 e. The quantitative estimate of drug-likeness (QED) is 0.725. The van der Waals surface area contributed by atoms with Crippen molar-refractivity contribution >= 4 is 16.6 Å². The summed E-state index contributed by atoms with van der Waals surface area (Å²) in [5.41, 5.74) is 7.51. The number of nitrogens with one attached hydrogen (secondary N) is 1. The average molecular weight is 273 g/mol. The zero-order valence-electron chi connectivity index (χ0n) is 12.1. The van der Waals surface area contributed by atoms with Gasteiger partial charge in [0.15, 0.2) is 0 Å². The van der Waals surface area contributed by atoms with E-state index in [1.807, 2.05) is 24.4 Å². The van der Waals surface area contributed by atoms with E-state index >= 15 is 0 Å². The van der Waals surface area contributed by atoms with Crippen molar-refractivity contribution < 1.29 is 4.74 Å². The van der Waals surface area contributed by atoms with Gasteiger partial charge in [-0.15, -0.1) is 0 Å². The van der Waals surface area contributed by atoms with Crippen molar-refractivity contribution in [1.82, 2.24) is 4.98 Å². The molecule has 0 unspecified atom stereocenters. The zero-order valence-corrected chi connectivity index (χ0v) is 12.1. The lowest BCUT2D eigenvalue weighted by atomic mass is 10.1. The molecule has 4 heteroatoms. The van der Waals surface area contributed by atoms with E-state index in [-0.39, 0.29) is 0 Å². The van der Waals surface area contributed by atoms with Crippen LogP contribution in [0.1, 0.15) is 25.7 Å². The van der Waals surface area contributed by atoms with E-state index in [9.17, 15) is 0 Å². The van der Waals surface area contributed by atoms with Crippen molar-refractivity contribution in [1.29, 1.82) is 0 Å². The second-order valence-corrected chi connectivity index (χ2v) is 4.84. The number of methoxy groups -OCH3 is 1. The van der Waals surface area contributed by atoms with Gasteiger partial charge in [0.1, 0.15) is 11.3 Å². The lowest BCUT2D eigenvalue weighted by Gasteiger charge is -2.11. The molecule has 0 saturated heterocycles. The minimum Gasteiger partial charge on any atom is -0.494 e. The first-order chi connectivity index (χ1) is 9.86. The molecule has 0 amide bonds. The highest BCUT2D eigenvalue weighted by Gasteiger charge is 2.05. The Bertz CT molecular complexity index is 542. The monoisotopic (exact) mass is 273 g/mol. The second kappa shape index (κ2) is 7.70. The van der Waals surface area contributed by atoms with Gasteiger partial charge in [-0.25, -0.2) is 0 Å². The third kappa shape index (κ3) is 3.61. The fourth-order valence-corrected chi connectivity index (χ4v) is 2.31. The predicted molar refractivity (Wildman–Crippen MR) is 84.3 cm³/mol. The number of ether oxygens (including phenoxy) is 1. The molecule has 0 aliphatic heterocycles. The number of anilines is 1. The third-order valence-electron chi connectivity index (χ3n) is 3.40. The van der Waals surface area contributed by atoms with Crippen LogP contribution in [0.3, 0.4) is 0 Å². The Hall–Kier alpha value is -1.81. The molecule has 0 radical (unpaired) electrons. The van der Waals surface area contributed by atoms with Crippen LogP contribution in [0.5, 0.6) is 5.75 Å². The molecule has 3 N–H and O–H groups in total. The molecule has 20 heavy (non-hydrogen) atoms. The summed E-state index contributed by atoms with van der Waals surface area (Å²) in [5, 5.41) is 4.59. The number of pyridine rings is 1. The maximum atomic E-state index is 5.49. The number of nitrogens with zero attached hydrogens (tertiary/aromatic N) is 1. The largest absolute Gasteiger partial charge is 0.494 e. The molecular formula is C16H23N3O. The summed E-state index contributed by atoms with van der Waals surface area (Å²) in [7, 11) is 1.67. The van der Waals surface area contributed by atoms with E-state index in [1.54, 1.807) is 7.11 Å². The molecule has 1 aromatic heterocycles. The molecule has 108 valence electrons. The van der Waals surface area contributed by atoms with Crippen molar-refractivity contribution in [2.24, 2.45) is 5.73 Å². The highest BCUT2D eigenvalue weighted by atomic mass is 16.5. The van der Waals surface area contributed by atoms with Crippen LogP contribution in [0.15, 0.2) is 30.5 Å². The first-order valence-electron chi connectivity index (χ1n) is 7.22. The van der Waals surface area contributed by atoms with E-state index in [1.165, 1.54) is 12.8 Å². The number of rotatable bonds is 8. The third-order valence-corrected chi connectivity index (χ3v) is 3.40. The summed E-state index contributed by atoms with van der Waals surface area (Å²) < 4.78 is 5.35. The molecule has 0 atom stereocenters. The molecule has 2 aromatic rings. The van der Waals surface area contributed by atoms with Crippen LogP contribution in [0.4, 0.5) is 5.69 Å². The molecule has 4 nitrogen and oxygen atoms in total. The second-order valence-electron chi connectivity index (χ2n) is 4.84. The summed E-state index contributed by atoms with van der Waals surface area (Å²) in [5.74, 6) is 0.814. The van der Waals surface area contributed by atoms with Crippen LogP contribution in [0.2, 0.25) is 0 Å². The van der Waals surface area contributed by atoms with Crippen molar-refractivity contribution in [3.8, 4) is 5.75 Å². The fourth-order valence-electron chi connectivity index (χ4n) is 2.31. The number of hydrogen-bond donors (Lipinski definition) is 2. The van der Waals surface area contributed by atoms with Gasteiger partial charge in [0.2, 0.25) is 0 Å². The maximum Gasteiger partial charge on any atom is 0.145 e. The SMILES string of the molecule is COc1cccc2c(NCCCCCCN)ccnc12. The number of fused-ring (bicyclic) bond motifs is 1. The van der Waals surface area contributed by atoms with Crippen molar-refractivity contribution in [3.05, 3.63) is 30.5 Å². The predicted octanol–water partition coefficient (Wildman–Crippen LogP) is 3.17. The highest BCUT2D eigenvalue weighted by Crippen LogP contribution is 2.28. The zero-order chi connectivity index (χ0) is 14.2. The topological polar surface area (TPSA) is 60.2 Å². The summed E-state index contributed by atoms with van der Waals surface area (Å²) in [4.78, 5) is 4.40. The van der Waals surface area contributed by atoms with E-state index in [2.05, 4.69) is 16.4 Å². The minimum absolute atomic E-state index is 0.794. The van der Waals surface area contributed by atoms with Crippen LogP contribution in [-0.4, -0.2) is 25.2 Å². The number of nitrogens with two attached hydrogens (primary N) is 1. The molecule has 2 rings (SSSR count). The van der Waals surface area contributed by atoms with E-state index in [0.717, 1.165) is 48.3 Å². The normalized spacial score (nSPS) is 10.7. The van der Waals surface area contributed by atoms with Crippen LogP contribution < -0.4 is 15.8 Å². The summed E-state index contributed by atoms with van der Waals surface area (Å²) >= 11 is 0. The lowest BCUT2D eigenvalue weighted by Crippen LogP contribution is -2.03. The first-order valence-corrected chi connectivity index (χ1v) is 7.22. The van der Waals surface area contributed by atoms with Crippen LogP contribution in [0.25, 0.3) is 10.9 Å². The van der Waals surface area contributed by atoms with Gasteiger partial charge in [0.25, 0.3) is 0 Å².